The van der Waals surface area contributed by atoms with E-state index in [9.17, 15) is 0 Å². The molecule has 1 aliphatic heterocycles. The van der Waals surface area contributed by atoms with Crippen molar-refractivity contribution in [2.75, 3.05) is 26.2 Å². The van der Waals surface area contributed by atoms with Gasteiger partial charge in [-0.25, -0.2) is 0 Å². The molecule has 0 spiro atoms. The Bertz CT molecular complexity index is 563. The van der Waals surface area contributed by atoms with Gasteiger partial charge < -0.3 is 14.7 Å². The number of guanidine groups is 1. The van der Waals surface area contributed by atoms with Gasteiger partial charge in [-0.1, -0.05) is 32.3 Å². The molecule has 1 aromatic rings. The summed E-state index contributed by atoms with van der Waals surface area (Å²) in [6.45, 7) is 16.9. The summed E-state index contributed by atoms with van der Waals surface area (Å²) in [4.78, 5) is 7.42. The maximum absolute atomic E-state index is 5.32. The molecular formula is C20H37IN4O. The minimum atomic E-state index is 0. The third kappa shape index (κ3) is 5.86. The number of aliphatic imine (C=N–C) groups is 1. The maximum Gasteiger partial charge on any atom is 0.193 e. The van der Waals surface area contributed by atoms with Gasteiger partial charge in [0.05, 0.1) is 5.69 Å². The molecule has 26 heavy (non-hydrogen) atoms. The Kier molecular flexibility index (Phi) is 9.41. The van der Waals surface area contributed by atoms with Crippen molar-refractivity contribution in [3.8, 4) is 0 Å². The summed E-state index contributed by atoms with van der Waals surface area (Å²) in [6, 6.07) is 0. The zero-order chi connectivity index (χ0) is 18.4. The highest BCUT2D eigenvalue weighted by Gasteiger charge is 2.31. The van der Waals surface area contributed by atoms with Crippen LogP contribution in [0.4, 0.5) is 0 Å². The number of likely N-dealkylation sites (tertiary alicyclic amines) is 1. The predicted molar refractivity (Wildman–Crippen MR) is 120 cm³/mol. The Morgan fingerprint density at radius 3 is 2.69 bits per heavy atom. The van der Waals surface area contributed by atoms with E-state index in [1.54, 1.807) is 0 Å². The molecule has 2 unspecified atom stereocenters. The monoisotopic (exact) mass is 476 g/mol. The molecule has 1 aromatic heterocycles. The first-order chi connectivity index (χ1) is 11.9. The number of rotatable bonds is 6. The Morgan fingerprint density at radius 1 is 1.38 bits per heavy atom. The molecule has 2 heterocycles. The van der Waals surface area contributed by atoms with Crippen LogP contribution in [0.3, 0.4) is 0 Å². The molecule has 1 fully saturated rings. The second-order valence-electron chi connectivity index (χ2n) is 7.92. The van der Waals surface area contributed by atoms with Crippen LogP contribution >= 0.6 is 24.0 Å². The van der Waals surface area contributed by atoms with E-state index in [2.05, 4.69) is 43.1 Å². The smallest absolute Gasteiger partial charge is 0.193 e. The van der Waals surface area contributed by atoms with E-state index in [-0.39, 0.29) is 24.0 Å². The largest absolute Gasteiger partial charge is 0.361 e. The van der Waals surface area contributed by atoms with Crippen LogP contribution in [0, 0.1) is 19.3 Å². The third-order valence-electron chi connectivity index (χ3n) is 5.37. The van der Waals surface area contributed by atoms with Crippen molar-refractivity contribution in [3.63, 3.8) is 0 Å². The second kappa shape index (κ2) is 10.5. The number of piperidine rings is 1. The molecule has 0 radical (unpaired) electrons. The fourth-order valence-corrected chi connectivity index (χ4v) is 4.24. The molecule has 1 N–H and O–H groups in total. The van der Waals surface area contributed by atoms with Gasteiger partial charge in [-0.15, -0.1) is 24.0 Å². The van der Waals surface area contributed by atoms with Crippen molar-refractivity contribution in [2.45, 2.75) is 73.1 Å². The molecule has 5 nitrogen and oxygen atoms in total. The van der Waals surface area contributed by atoms with Gasteiger partial charge in [-0.05, 0) is 45.4 Å². The van der Waals surface area contributed by atoms with E-state index in [0.29, 0.717) is 11.3 Å². The first kappa shape index (κ1) is 23.2. The zero-order valence-electron chi connectivity index (χ0n) is 17.4. The summed E-state index contributed by atoms with van der Waals surface area (Å²) in [5.41, 5.74) is 2.60. The van der Waals surface area contributed by atoms with E-state index < -0.39 is 0 Å². The fourth-order valence-electron chi connectivity index (χ4n) is 4.24. The molecular weight excluding hydrogens is 439 g/mol. The van der Waals surface area contributed by atoms with E-state index in [4.69, 9.17) is 9.52 Å². The Labute approximate surface area is 176 Å². The molecule has 0 amide bonds. The van der Waals surface area contributed by atoms with Crippen LogP contribution in [-0.2, 0) is 0 Å². The highest BCUT2D eigenvalue weighted by molar-refractivity contribution is 14.0. The van der Waals surface area contributed by atoms with Crippen LogP contribution in [0.15, 0.2) is 9.52 Å². The molecule has 0 bridgehead atoms. The summed E-state index contributed by atoms with van der Waals surface area (Å²) in [5, 5.41) is 7.58. The van der Waals surface area contributed by atoms with Gasteiger partial charge in [0.25, 0.3) is 0 Å². The second-order valence-corrected chi connectivity index (χ2v) is 7.92. The van der Waals surface area contributed by atoms with Gasteiger partial charge in [0.2, 0.25) is 0 Å². The summed E-state index contributed by atoms with van der Waals surface area (Å²) >= 11 is 0. The summed E-state index contributed by atoms with van der Waals surface area (Å²) < 4.78 is 5.32. The van der Waals surface area contributed by atoms with Crippen LogP contribution < -0.4 is 5.32 Å². The Morgan fingerprint density at radius 2 is 2.12 bits per heavy atom. The lowest BCUT2D eigenvalue weighted by atomic mass is 9.78. The quantitative estimate of drug-likeness (QED) is 0.361. The average Bonchev–Trinajstić information content (AvgIpc) is 2.90. The van der Waals surface area contributed by atoms with Crippen molar-refractivity contribution in [2.24, 2.45) is 10.4 Å². The zero-order valence-corrected chi connectivity index (χ0v) is 19.7. The van der Waals surface area contributed by atoms with Crippen LogP contribution in [-0.4, -0.2) is 42.2 Å². The van der Waals surface area contributed by atoms with E-state index in [1.807, 2.05) is 13.8 Å². The summed E-state index contributed by atoms with van der Waals surface area (Å²) in [6.07, 6.45) is 5.12. The molecule has 2 rings (SSSR count). The van der Waals surface area contributed by atoms with E-state index in [0.717, 1.165) is 43.6 Å². The SMILES string of the molecule is CCCC1(C)CCCN(C(=NCC(C)c2c(C)noc2C)NCC)C1.I. The van der Waals surface area contributed by atoms with Crippen molar-refractivity contribution < 1.29 is 4.52 Å². The summed E-state index contributed by atoms with van der Waals surface area (Å²) in [5.74, 6) is 2.29. The lowest BCUT2D eigenvalue weighted by molar-refractivity contribution is 0.142. The minimum absolute atomic E-state index is 0. The number of hydrogen-bond acceptors (Lipinski definition) is 3. The molecule has 0 aromatic carbocycles. The number of nitrogens with zero attached hydrogens (tertiary/aromatic N) is 3. The Balaban J connectivity index is 0.00000338. The minimum Gasteiger partial charge on any atom is -0.361 e. The number of aryl methyl sites for hydroxylation is 2. The molecule has 2 atom stereocenters. The highest BCUT2D eigenvalue weighted by atomic mass is 127. The normalized spacial score (nSPS) is 22.1. The molecule has 150 valence electrons. The standard InChI is InChI=1S/C20H36N4O.HI/c1-7-10-20(6)11-9-12-24(14-20)19(21-8-2)22-13-15(3)18-16(4)23-25-17(18)5;/h15H,7-14H2,1-6H3,(H,21,22);1H. The van der Waals surface area contributed by atoms with Crippen LogP contribution in [0.25, 0.3) is 0 Å². The first-order valence-electron chi connectivity index (χ1n) is 9.86. The highest BCUT2D eigenvalue weighted by Crippen LogP contribution is 2.34. The lowest BCUT2D eigenvalue weighted by Gasteiger charge is -2.42. The molecule has 1 aliphatic rings. The van der Waals surface area contributed by atoms with Gasteiger partial charge >= 0.3 is 0 Å². The fraction of sp³-hybridized carbons (Fsp3) is 0.800. The first-order valence-corrected chi connectivity index (χ1v) is 9.86. The number of aromatic nitrogens is 1. The van der Waals surface area contributed by atoms with Gasteiger partial charge in [0, 0.05) is 37.7 Å². The molecule has 6 heteroatoms. The van der Waals surface area contributed by atoms with E-state index >= 15 is 0 Å². The topological polar surface area (TPSA) is 53.7 Å². The van der Waals surface area contributed by atoms with Crippen molar-refractivity contribution >= 4 is 29.9 Å². The van der Waals surface area contributed by atoms with Crippen molar-refractivity contribution in [1.82, 2.24) is 15.4 Å². The molecule has 0 aliphatic carbocycles. The van der Waals surface area contributed by atoms with Gasteiger partial charge in [-0.2, -0.15) is 0 Å². The average molecular weight is 476 g/mol. The number of halogens is 1. The number of nitrogens with one attached hydrogen (secondary N) is 1. The lowest BCUT2D eigenvalue weighted by Crippen LogP contribution is -2.50. The Hall–Kier alpha value is -0.790. The predicted octanol–water partition coefficient (Wildman–Crippen LogP) is 4.88. The van der Waals surface area contributed by atoms with Crippen molar-refractivity contribution in [3.05, 3.63) is 17.0 Å². The van der Waals surface area contributed by atoms with Crippen molar-refractivity contribution in [1.29, 1.82) is 0 Å². The third-order valence-corrected chi connectivity index (χ3v) is 5.37. The molecule has 0 saturated carbocycles. The summed E-state index contributed by atoms with van der Waals surface area (Å²) in [7, 11) is 0. The van der Waals surface area contributed by atoms with E-state index in [1.165, 1.54) is 31.2 Å². The molecule has 1 saturated heterocycles. The number of hydrogen-bond donors (Lipinski definition) is 1. The van der Waals surface area contributed by atoms with Gasteiger partial charge in [0.1, 0.15) is 5.76 Å². The van der Waals surface area contributed by atoms with Gasteiger partial charge in [-0.3, -0.25) is 4.99 Å². The van der Waals surface area contributed by atoms with Crippen LogP contribution in [0.1, 0.15) is 76.3 Å². The maximum atomic E-state index is 5.32. The van der Waals surface area contributed by atoms with Gasteiger partial charge in [0.15, 0.2) is 5.96 Å². The van der Waals surface area contributed by atoms with Crippen LogP contribution in [0.2, 0.25) is 0 Å². The van der Waals surface area contributed by atoms with Crippen LogP contribution in [0.5, 0.6) is 0 Å².